The fraction of sp³-hybridized carbons (Fsp3) is 0.500. The van der Waals surface area contributed by atoms with Crippen molar-refractivity contribution in [2.45, 2.75) is 37.0 Å². The standard InChI is InChI=1S/C14H17ClN2O3S/c1-21-10-5-2-4-9(8-10)16-14(18)11-6-3-7-12(15)13(11)17(19)20/h3,6-7,9-10H,2,4-5,8H2,1H3,(H,16,18). The number of thioether (sulfide) groups is 1. The summed E-state index contributed by atoms with van der Waals surface area (Å²) in [6.07, 6.45) is 6.11. The van der Waals surface area contributed by atoms with Gasteiger partial charge in [0.25, 0.3) is 5.91 Å². The maximum absolute atomic E-state index is 12.3. The first-order valence-corrected chi connectivity index (χ1v) is 8.46. The van der Waals surface area contributed by atoms with Gasteiger partial charge >= 0.3 is 5.69 Å². The van der Waals surface area contributed by atoms with E-state index in [2.05, 4.69) is 11.6 Å². The molecule has 1 amide bonds. The molecule has 0 aliphatic heterocycles. The van der Waals surface area contributed by atoms with Crippen molar-refractivity contribution in [1.29, 1.82) is 0 Å². The van der Waals surface area contributed by atoms with Crippen LogP contribution in [0.3, 0.4) is 0 Å². The number of carbonyl (C=O) groups is 1. The molecule has 2 unspecified atom stereocenters. The van der Waals surface area contributed by atoms with E-state index in [1.54, 1.807) is 17.8 Å². The minimum absolute atomic E-state index is 0.0155. The number of nitrogens with one attached hydrogen (secondary N) is 1. The van der Waals surface area contributed by atoms with Crippen LogP contribution in [0.25, 0.3) is 0 Å². The molecular weight excluding hydrogens is 312 g/mol. The molecule has 2 rings (SSSR count). The Morgan fingerprint density at radius 1 is 1.48 bits per heavy atom. The molecule has 0 radical (unpaired) electrons. The van der Waals surface area contributed by atoms with Gasteiger partial charge in [0.2, 0.25) is 0 Å². The van der Waals surface area contributed by atoms with E-state index in [9.17, 15) is 14.9 Å². The number of hydrogen-bond donors (Lipinski definition) is 1. The molecule has 1 aromatic carbocycles. The molecule has 0 aromatic heterocycles. The summed E-state index contributed by atoms with van der Waals surface area (Å²) in [6.45, 7) is 0. The van der Waals surface area contributed by atoms with Crippen LogP contribution in [0.15, 0.2) is 18.2 Å². The fourth-order valence-electron chi connectivity index (χ4n) is 2.64. The number of carbonyl (C=O) groups excluding carboxylic acids is 1. The minimum Gasteiger partial charge on any atom is -0.349 e. The molecule has 1 aliphatic carbocycles. The highest BCUT2D eigenvalue weighted by Crippen LogP contribution is 2.30. The first-order valence-electron chi connectivity index (χ1n) is 6.79. The van der Waals surface area contributed by atoms with Gasteiger partial charge in [-0.2, -0.15) is 11.8 Å². The Labute approximate surface area is 132 Å². The lowest BCUT2D eigenvalue weighted by Gasteiger charge is -2.28. The average Bonchev–Trinajstić information content (AvgIpc) is 2.46. The number of rotatable bonds is 4. The second kappa shape index (κ2) is 7.13. The van der Waals surface area contributed by atoms with Gasteiger partial charge in [0.15, 0.2) is 0 Å². The third-order valence-electron chi connectivity index (χ3n) is 3.71. The monoisotopic (exact) mass is 328 g/mol. The molecular formula is C14H17ClN2O3S. The third-order valence-corrected chi connectivity index (χ3v) is 5.11. The van der Waals surface area contributed by atoms with Crippen LogP contribution >= 0.6 is 23.4 Å². The number of benzene rings is 1. The molecule has 1 N–H and O–H groups in total. The Morgan fingerprint density at radius 3 is 2.90 bits per heavy atom. The van der Waals surface area contributed by atoms with Gasteiger partial charge in [0.1, 0.15) is 10.6 Å². The molecule has 1 fully saturated rings. The zero-order valence-electron chi connectivity index (χ0n) is 11.7. The number of amides is 1. The van der Waals surface area contributed by atoms with Crippen molar-refractivity contribution in [3.63, 3.8) is 0 Å². The van der Waals surface area contributed by atoms with Crippen molar-refractivity contribution in [2.75, 3.05) is 6.26 Å². The highest BCUT2D eigenvalue weighted by Gasteiger charge is 2.27. The van der Waals surface area contributed by atoms with E-state index >= 15 is 0 Å². The van der Waals surface area contributed by atoms with Crippen molar-refractivity contribution in [3.05, 3.63) is 38.9 Å². The number of nitro benzene ring substituents is 1. The van der Waals surface area contributed by atoms with Gasteiger partial charge in [-0.05, 0) is 37.7 Å². The number of nitrogens with zero attached hydrogens (tertiary/aromatic N) is 1. The highest BCUT2D eigenvalue weighted by molar-refractivity contribution is 7.99. The van der Waals surface area contributed by atoms with Crippen LogP contribution in [0.4, 0.5) is 5.69 Å². The average molecular weight is 329 g/mol. The van der Waals surface area contributed by atoms with E-state index in [0.29, 0.717) is 5.25 Å². The number of halogens is 1. The van der Waals surface area contributed by atoms with Gasteiger partial charge in [-0.15, -0.1) is 0 Å². The first kappa shape index (κ1) is 16.1. The van der Waals surface area contributed by atoms with E-state index in [4.69, 9.17) is 11.6 Å². The number of hydrogen-bond acceptors (Lipinski definition) is 4. The molecule has 0 spiro atoms. The Morgan fingerprint density at radius 2 is 2.24 bits per heavy atom. The molecule has 0 heterocycles. The molecule has 7 heteroatoms. The Kier molecular flexibility index (Phi) is 5.47. The van der Waals surface area contributed by atoms with Crippen LogP contribution in [0.1, 0.15) is 36.0 Å². The van der Waals surface area contributed by atoms with Crippen molar-refractivity contribution in [2.24, 2.45) is 0 Å². The zero-order valence-corrected chi connectivity index (χ0v) is 13.2. The quantitative estimate of drug-likeness (QED) is 0.676. The van der Waals surface area contributed by atoms with Crippen LogP contribution in [0.5, 0.6) is 0 Å². The second-order valence-electron chi connectivity index (χ2n) is 5.09. The predicted molar refractivity (Wildman–Crippen MR) is 85.1 cm³/mol. The SMILES string of the molecule is CSC1CCCC(NC(=O)c2cccc(Cl)c2[N+](=O)[O-])C1. The van der Waals surface area contributed by atoms with E-state index in [0.717, 1.165) is 25.7 Å². The van der Waals surface area contributed by atoms with Gasteiger partial charge in [0, 0.05) is 11.3 Å². The maximum atomic E-state index is 12.3. The minimum atomic E-state index is -0.608. The summed E-state index contributed by atoms with van der Waals surface area (Å²) in [6, 6.07) is 4.48. The lowest BCUT2D eigenvalue weighted by Crippen LogP contribution is -2.39. The summed E-state index contributed by atoms with van der Waals surface area (Å²) in [4.78, 5) is 22.8. The van der Waals surface area contributed by atoms with Crippen LogP contribution in [-0.4, -0.2) is 28.4 Å². The third kappa shape index (κ3) is 3.89. The molecule has 0 bridgehead atoms. The fourth-order valence-corrected chi connectivity index (χ4v) is 3.71. The Bertz CT molecular complexity index is 553. The molecule has 5 nitrogen and oxygen atoms in total. The van der Waals surface area contributed by atoms with Gasteiger partial charge in [-0.1, -0.05) is 24.1 Å². The van der Waals surface area contributed by atoms with E-state index < -0.39 is 10.8 Å². The maximum Gasteiger partial charge on any atom is 0.300 e. The summed E-state index contributed by atoms with van der Waals surface area (Å²) in [7, 11) is 0. The highest BCUT2D eigenvalue weighted by atomic mass is 35.5. The van der Waals surface area contributed by atoms with E-state index in [1.807, 2.05) is 0 Å². The molecule has 1 aromatic rings. The smallest absolute Gasteiger partial charge is 0.300 e. The summed E-state index contributed by atoms with van der Waals surface area (Å²) in [5, 5.41) is 14.5. The van der Waals surface area contributed by atoms with Gasteiger partial charge < -0.3 is 5.32 Å². The predicted octanol–water partition coefficient (Wildman–Crippen LogP) is 3.65. The van der Waals surface area contributed by atoms with Crippen LogP contribution in [0.2, 0.25) is 5.02 Å². The Balaban J connectivity index is 2.14. The lowest BCUT2D eigenvalue weighted by molar-refractivity contribution is -0.385. The normalized spacial score (nSPS) is 21.8. The topological polar surface area (TPSA) is 72.2 Å². The molecule has 1 aliphatic rings. The summed E-state index contributed by atoms with van der Waals surface area (Å²) >= 11 is 7.63. The first-order chi connectivity index (χ1) is 10.0. The van der Waals surface area contributed by atoms with Gasteiger partial charge in [0.05, 0.1) is 4.92 Å². The van der Waals surface area contributed by atoms with Gasteiger partial charge in [-0.25, -0.2) is 0 Å². The van der Waals surface area contributed by atoms with Crippen molar-refractivity contribution in [1.82, 2.24) is 5.32 Å². The molecule has 2 atom stereocenters. The van der Waals surface area contributed by atoms with Crippen LogP contribution < -0.4 is 5.32 Å². The largest absolute Gasteiger partial charge is 0.349 e. The molecule has 0 saturated heterocycles. The van der Waals surface area contributed by atoms with Crippen molar-refractivity contribution < 1.29 is 9.72 Å². The molecule has 114 valence electrons. The van der Waals surface area contributed by atoms with E-state index in [1.165, 1.54) is 12.1 Å². The second-order valence-corrected chi connectivity index (χ2v) is 6.63. The summed E-state index contributed by atoms with van der Waals surface area (Å²) in [5.41, 5.74) is -0.298. The summed E-state index contributed by atoms with van der Waals surface area (Å²) < 4.78 is 0. The van der Waals surface area contributed by atoms with Crippen molar-refractivity contribution in [3.8, 4) is 0 Å². The van der Waals surface area contributed by atoms with Crippen LogP contribution in [-0.2, 0) is 0 Å². The molecule has 1 saturated carbocycles. The van der Waals surface area contributed by atoms with Crippen LogP contribution in [0, 0.1) is 10.1 Å². The molecule has 21 heavy (non-hydrogen) atoms. The zero-order chi connectivity index (χ0) is 15.4. The summed E-state index contributed by atoms with van der Waals surface area (Å²) in [5.74, 6) is -0.420. The van der Waals surface area contributed by atoms with Gasteiger partial charge in [-0.3, -0.25) is 14.9 Å². The van der Waals surface area contributed by atoms with E-state index in [-0.39, 0.29) is 22.3 Å². The Hall–Kier alpha value is -1.27. The van der Waals surface area contributed by atoms with Crippen molar-refractivity contribution >= 4 is 35.0 Å². The number of nitro groups is 1. The lowest BCUT2D eigenvalue weighted by atomic mass is 9.94. The number of para-hydroxylation sites is 1.